The maximum atomic E-state index is 11.4. The molecule has 0 N–H and O–H groups in total. The lowest BCUT2D eigenvalue weighted by atomic mass is 9.96. The molecule has 2 aromatic rings. The first kappa shape index (κ1) is 21.5. The molecule has 3 saturated heterocycles. The molecular formula is C24H29ClN4O3. The van der Waals surface area contributed by atoms with E-state index in [1.807, 2.05) is 12.1 Å². The second-order valence-corrected chi connectivity index (χ2v) is 9.60. The van der Waals surface area contributed by atoms with Crippen molar-refractivity contribution < 1.29 is 14.3 Å². The van der Waals surface area contributed by atoms with Crippen molar-refractivity contribution in [1.82, 2.24) is 9.97 Å². The summed E-state index contributed by atoms with van der Waals surface area (Å²) in [5.74, 6) is 2.79. The Bertz CT molecular complexity index is 986. The topological polar surface area (TPSA) is 67.8 Å². The molecule has 0 radical (unpaired) electrons. The second kappa shape index (κ2) is 8.87. The van der Waals surface area contributed by atoms with E-state index >= 15 is 0 Å². The Kier molecular flexibility index (Phi) is 5.95. The van der Waals surface area contributed by atoms with Crippen LogP contribution < -0.4 is 14.5 Å². The normalized spacial score (nSPS) is 25.4. The van der Waals surface area contributed by atoms with E-state index in [2.05, 4.69) is 33.8 Å². The van der Waals surface area contributed by atoms with E-state index in [0.29, 0.717) is 23.6 Å². The van der Waals surface area contributed by atoms with Crippen LogP contribution in [0.1, 0.15) is 44.6 Å². The number of ether oxygens (including phenoxy) is 2. The van der Waals surface area contributed by atoms with Crippen LogP contribution in [-0.2, 0) is 9.53 Å². The molecule has 5 rings (SSSR count). The molecule has 4 heterocycles. The molecule has 32 heavy (non-hydrogen) atoms. The van der Waals surface area contributed by atoms with Gasteiger partial charge in [-0.05, 0) is 37.0 Å². The summed E-state index contributed by atoms with van der Waals surface area (Å²) >= 11 is 6.48. The van der Waals surface area contributed by atoms with Gasteiger partial charge in [-0.1, -0.05) is 30.7 Å². The molecule has 1 aromatic heterocycles. The fraction of sp³-hybridized carbons (Fsp3) is 0.542. The average molecular weight is 457 g/mol. The van der Waals surface area contributed by atoms with Gasteiger partial charge in [0.15, 0.2) is 5.82 Å². The van der Waals surface area contributed by atoms with Crippen molar-refractivity contribution >= 4 is 29.2 Å². The van der Waals surface area contributed by atoms with Crippen molar-refractivity contribution in [2.75, 3.05) is 36.0 Å². The number of rotatable bonds is 7. The van der Waals surface area contributed by atoms with Crippen LogP contribution in [0.5, 0.6) is 5.75 Å². The lowest BCUT2D eigenvalue weighted by molar-refractivity contribution is -0.117. The number of nitrogens with zero attached hydrogens (tertiary/aromatic N) is 4. The lowest BCUT2D eigenvalue weighted by Gasteiger charge is -2.28. The summed E-state index contributed by atoms with van der Waals surface area (Å²) in [5, 5.41) is 0.568. The van der Waals surface area contributed by atoms with E-state index < -0.39 is 0 Å². The van der Waals surface area contributed by atoms with E-state index in [-0.39, 0.29) is 17.8 Å². The SMILES string of the molecule is CC(=O)C[C@@H](C)c1ccc(O[C@@H]2CCN(c3nc(N4C[C@@H]5C[C@H]4CO5)ncc3Cl)C2)cc1. The Morgan fingerprint density at radius 3 is 2.81 bits per heavy atom. The Morgan fingerprint density at radius 2 is 2.12 bits per heavy atom. The minimum atomic E-state index is 0.0705. The minimum absolute atomic E-state index is 0.0705. The number of carbonyl (C=O) groups is 1. The number of fused-ring (bicyclic) bond motifs is 2. The van der Waals surface area contributed by atoms with Crippen LogP contribution >= 0.6 is 11.6 Å². The van der Waals surface area contributed by atoms with Gasteiger partial charge >= 0.3 is 0 Å². The van der Waals surface area contributed by atoms with Gasteiger partial charge in [-0.25, -0.2) is 4.98 Å². The third-order valence-corrected chi connectivity index (χ3v) is 6.93. The summed E-state index contributed by atoms with van der Waals surface area (Å²) in [6.07, 6.45) is 4.59. The maximum Gasteiger partial charge on any atom is 0.227 e. The standard InChI is InChI=1S/C24H29ClN4O3/c1-15(9-16(2)30)17-3-5-19(6-4-17)32-20-7-8-28(12-20)23-22(25)11-26-24(27-23)29-13-21-10-18(29)14-31-21/h3-6,11,15,18,20-21H,7-10,12-14H2,1-2H3/t15-,18+,20-,21+/m1/s1. The molecule has 4 atom stereocenters. The van der Waals surface area contributed by atoms with E-state index in [4.69, 9.17) is 26.1 Å². The maximum absolute atomic E-state index is 11.4. The van der Waals surface area contributed by atoms with Gasteiger partial charge in [-0.2, -0.15) is 4.98 Å². The molecule has 0 spiro atoms. The highest BCUT2D eigenvalue weighted by Crippen LogP contribution is 2.34. The molecule has 2 bridgehead atoms. The van der Waals surface area contributed by atoms with E-state index in [1.165, 1.54) is 0 Å². The van der Waals surface area contributed by atoms with Gasteiger partial charge in [0, 0.05) is 25.9 Å². The van der Waals surface area contributed by atoms with Crippen LogP contribution in [0.15, 0.2) is 30.5 Å². The average Bonchev–Trinajstić information content (AvgIpc) is 3.52. The summed E-state index contributed by atoms with van der Waals surface area (Å²) in [7, 11) is 0. The number of aromatic nitrogens is 2. The molecule has 0 unspecified atom stereocenters. The van der Waals surface area contributed by atoms with Crippen LogP contribution in [0.4, 0.5) is 11.8 Å². The Labute approximate surface area is 193 Å². The zero-order valence-corrected chi connectivity index (χ0v) is 19.3. The van der Waals surface area contributed by atoms with Crippen LogP contribution in [0, 0.1) is 0 Å². The van der Waals surface area contributed by atoms with Crippen molar-refractivity contribution in [3.05, 3.63) is 41.0 Å². The Balaban J connectivity index is 1.22. The molecule has 170 valence electrons. The zero-order chi connectivity index (χ0) is 22.2. The monoisotopic (exact) mass is 456 g/mol. The first-order valence-electron chi connectivity index (χ1n) is 11.4. The number of benzene rings is 1. The van der Waals surface area contributed by atoms with Crippen LogP contribution in [0.25, 0.3) is 0 Å². The van der Waals surface area contributed by atoms with Crippen molar-refractivity contribution in [2.24, 2.45) is 0 Å². The molecular weight excluding hydrogens is 428 g/mol. The summed E-state index contributed by atoms with van der Waals surface area (Å²) in [6, 6.07) is 8.46. The predicted molar refractivity (Wildman–Crippen MR) is 124 cm³/mol. The molecule has 7 nitrogen and oxygen atoms in total. The number of hydrogen-bond donors (Lipinski definition) is 0. The van der Waals surface area contributed by atoms with Crippen molar-refractivity contribution in [3.63, 3.8) is 0 Å². The minimum Gasteiger partial charge on any atom is -0.489 e. The third kappa shape index (κ3) is 4.41. The second-order valence-electron chi connectivity index (χ2n) is 9.19. The van der Waals surface area contributed by atoms with Crippen LogP contribution in [-0.4, -0.2) is 60.2 Å². The fourth-order valence-corrected chi connectivity index (χ4v) is 5.20. The number of ketones is 1. The predicted octanol–water partition coefficient (Wildman–Crippen LogP) is 3.85. The first-order valence-corrected chi connectivity index (χ1v) is 11.8. The van der Waals surface area contributed by atoms with Gasteiger partial charge in [0.25, 0.3) is 0 Å². The Hall–Kier alpha value is -2.38. The van der Waals surface area contributed by atoms with Gasteiger partial charge < -0.3 is 24.1 Å². The molecule has 3 aliphatic heterocycles. The number of anilines is 2. The van der Waals surface area contributed by atoms with Gasteiger partial charge in [0.2, 0.25) is 5.95 Å². The largest absolute Gasteiger partial charge is 0.489 e. The van der Waals surface area contributed by atoms with Crippen molar-refractivity contribution in [1.29, 1.82) is 0 Å². The molecule has 0 amide bonds. The summed E-state index contributed by atoms with van der Waals surface area (Å²) in [4.78, 5) is 25.1. The van der Waals surface area contributed by atoms with E-state index in [1.54, 1.807) is 13.1 Å². The van der Waals surface area contributed by atoms with Gasteiger partial charge in [0.1, 0.15) is 22.7 Å². The molecule has 3 aliphatic rings. The van der Waals surface area contributed by atoms with E-state index in [0.717, 1.165) is 62.2 Å². The number of hydrogen-bond acceptors (Lipinski definition) is 7. The van der Waals surface area contributed by atoms with Gasteiger partial charge in [-0.3, -0.25) is 0 Å². The number of halogens is 1. The molecule has 0 saturated carbocycles. The zero-order valence-electron chi connectivity index (χ0n) is 18.5. The summed E-state index contributed by atoms with van der Waals surface area (Å²) < 4.78 is 11.9. The highest BCUT2D eigenvalue weighted by atomic mass is 35.5. The quantitative estimate of drug-likeness (QED) is 0.626. The number of Topliss-reactive ketones (excluding diaryl/α,β-unsaturated/α-hetero) is 1. The van der Waals surface area contributed by atoms with Crippen molar-refractivity contribution in [2.45, 2.75) is 57.3 Å². The Morgan fingerprint density at radius 1 is 1.31 bits per heavy atom. The van der Waals surface area contributed by atoms with Gasteiger partial charge in [0.05, 0.1) is 31.5 Å². The summed E-state index contributed by atoms with van der Waals surface area (Å²) in [6.45, 7) is 6.87. The fourth-order valence-electron chi connectivity index (χ4n) is 4.99. The molecule has 1 aromatic carbocycles. The molecule has 3 fully saturated rings. The summed E-state index contributed by atoms with van der Waals surface area (Å²) in [5.41, 5.74) is 1.15. The first-order chi connectivity index (χ1) is 15.5. The third-order valence-electron chi connectivity index (χ3n) is 6.66. The lowest BCUT2D eigenvalue weighted by Crippen LogP contribution is -2.38. The highest BCUT2D eigenvalue weighted by Gasteiger charge is 2.40. The van der Waals surface area contributed by atoms with Crippen LogP contribution in [0.3, 0.4) is 0 Å². The molecule has 8 heteroatoms. The van der Waals surface area contributed by atoms with Crippen LogP contribution in [0.2, 0.25) is 5.02 Å². The van der Waals surface area contributed by atoms with Crippen molar-refractivity contribution in [3.8, 4) is 5.75 Å². The number of morpholine rings is 1. The van der Waals surface area contributed by atoms with Gasteiger partial charge in [-0.15, -0.1) is 0 Å². The highest BCUT2D eigenvalue weighted by molar-refractivity contribution is 6.32. The number of carbonyl (C=O) groups excluding carboxylic acids is 1. The van der Waals surface area contributed by atoms with E-state index in [9.17, 15) is 4.79 Å². The smallest absolute Gasteiger partial charge is 0.227 e. The molecule has 0 aliphatic carbocycles.